The Morgan fingerprint density at radius 2 is 1.63 bits per heavy atom. The van der Waals surface area contributed by atoms with Gasteiger partial charge in [0.05, 0.1) is 29.8 Å². The van der Waals surface area contributed by atoms with E-state index in [-0.39, 0.29) is 30.9 Å². The van der Waals surface area contributed by atoms with Crippen molar-refractivity contribution in [3.63, 3.8) is 0 Å². The maximum absolute atomic E-state index is 13.9. The number of hydrogen-bond donors (Lipinski definition) is 5. The van der Waals surface area contributed by atoms with Gasteiger partial charge in [0.25, 0.3) is 0 Å². The number of hydrogen-bond acceptors (Lipinski definition) is 8. The van der Waals surface area contributed by atoms with Gasteiger partial charge in [0.1, 0.15) is 17.8 Å². The lowest BCUT2D eigenvalue weighted by Gasteiger charge is -2.39. The van der Waals surface area contributed by atoms with Crippen molar-refractivity contribution in [3.05, 3.63) is 90.1 Å². The van der Waals surface area contributed by atoms with E-state index in [1.54, 1.807) is 0 Å². The molecular formula is C34H33NO8. The van der Waals surface area contributed by atoms with Crippen molar-refractivity contribution in [2.75, 3.05) is 0 Å². The van der Waals surface area contributed by atoms with Gasteiger partial charge in [-0.15, -0.1) is 0 Å². The van der Waals surface area contributed by atoms with Crippen molar-refractivity contribution in [2.24, 2.45) is 0 Å². The highest BCUT2D eigenvalue weighted by atomic mass is 16.7. The Morgan fingerprint density at radius 3 is 2.35 bits per heavy atom. The van der Waals surface area contributed by atoms with Gasteiger partial charge in [-0.25, -0.2) is 4.79 Å². The molecule has 1 aliphatic carbocycles. The average Bonchev–Trinajstić information content (AvgIpc) is 3.71. The van der Waals surface area contributed by atoms with Gasteiger partial charge in [-0.2, -0.15) is 0 Å². The number of rotatable bonds is 7. The van der Waals surface area contributed by atoms with E-state index in [0.29, 0.717) is 23.7 Å². The van der Waals surface area contributed by atoms with Gasteiger partial charge in [0, 0.05) is 0 Å². The molecule has 2 fully saturated rings. The molecule has 1 aromatic heterocycles. The molecule has 9 heteroatoms. The average molecular weight is 584 g/mol. The van der Waals surface area contributed by atoms with E-state index < -0.39 is 42.3 Å². The molecule has 5 aromatic rings. The van der Waals surface area contributed by atoms with Crippen molar-refractivity contribution >= 4 is 38.4 Å². The lowest BCUT2D eigenvalue weighted by molar-refractivity contribution is -0.313. The highest BCUT2D eigenvalue weighted by molar-refractivity contribution is 6.14. The van der Waals surface area contributed by atoms with Crippen LogP contribution in [0.1, 0.15) is 36.9 Å². The summed E-state index contributed by atoms with van der Waals surface area (Å²) in [6.07, 6.45) is -2.97. The topological polar surface area (TPSA) is 141 Å². The summed E-state index contributed by atoms with van der Waals surface area (Å²) in [5.74, 6) is -3.25. The van der Waals surface area contributed by atoms with Crippen molar-refractivity contribution in [1.82, 2.24) is 4.98 Å². The van der Waals surface area contributed by atoms with Crippen LogP contribution < -0.4 is 4.74 Å². The number of H-pyrrole nitrogens is 1. The largest absolute Gasteiger partial charge is 0.422 e. The number of benzene rings is 4. The summed E-state index contributed by atoms with van der Waals surface area (Å²) in [5.41, 5.74) is -0.0243. The Morgan fingerprint density at radius 1 is 0.930 bits per heavy atom. The molecule has 2 aliphatic rings. The summed E-state index contributed by atoms with van der Waals surface area (Å²) >= 11 is 0. The van der Waals surface area contributed by atoms with Crippen LogP contribution in [0.4, 0.5) is 0 Å². The predicted octanol–water partition coefficient (Wildman–Crippen LogP) is 4.21. The predicted molar refractivity (Wildman–Crippen MR) is 159 cm³/mol. The van der Waals surface area contributed by atoms with Crippen LogP contribution in [0.5, 0.6) is 5.75 Å². The SMILES string of the molecule is O=C(Oc1c(CO)[nH]c2ccc3cc4ccccc4cc3c12)[C@@H]1O[C@@](O)(C2(O)CCCC2)[C@H](O)[C@H]1OCc1ccccc1. The summed E-state index contributed by atoms with van der Waals surface area (Å²) in [6.45, 7) is -0.408. The molecule has 7 rings (SSSR count). The Kier molecular flexibility index (Phi) is 6.97. The molecule has 5 N–H and O–H groups in total. The fourth-order valence-corrected chi connectivity index (χ4v) is 6.66. The van der Waals surface area contributed by atoms with Crippen molar-refractivity contribution < 1.29 is 39.4 Å². The molecule has 0 spiro atoms. The molecule has 4 aromatic carbocycles. The first-order chi connectivity index (χ1) is 20.8. The Hall–Kier alpha value is -3.83. The number of nitrogens with one attached hydrogen (secondary N) is 1. The minimum atomic E-state index is -2.44. The van der Waals surface area contributed by atoms with Crippen LogP contribution in [0.15, 0.2) is 78.9 Å². The Bertz CT molecular complexity index is 1810. The zero-order chi connectivity index (χ0) is 29.8. The van der Waals surface area contributed by atoms with Crippen LogP contribution in [0.25, 0.3) is 32.4 Å². The molecule has 0 amide bonds. The number of aliphatic hydroxyl groups is 4. The Balaban J connectivity index is 1.27. The molecule has 43 heavy (non-hydrogen) atoms. The van der Waals surface area contributed by atoms with Gasteiger partial charge < -0.3 is 39.6 Å². The fourth-order valence-electron chi connectivity index (χ4n) is 6.66. The zero-order valence-electron chi connectivity index (χ0n) is 23.4. The van der Waals surface area contributed by atoms with E-state index in [4.69, 9.17) is 14.2 Å². The lowest BCUT2D eigenvalue weighted by Crippen LogP contribution is -2.60. The Labute approximate surface area is 247 Å². The van der Waals surface area contributed by atoms with Gasteiger partial charge >= 0.3 is 5.97 Å². The van der Waals surface area contributed by atoms with Gasteiger partial charge in [-0.1, -0.05) is 73.5 Å². The molecule has 2 heterocycles. The first kappa shape index (κ1) is 28.0. The molecule has 1 saturated carbocycles. The third-order valence-corrected chi connectivity index (χ3v) is 8.97. The van der Waals surface area contributed by atoms with E-state index in [2.05, 4.69) is 4.98 Å². The van der Waals surface area contributed by atoms with E-state index in [0.717, 1.165) is 27.1 Å². The van der Waals surface area contributed by atoms with Crippen LogP contribution in [0, 0.1) is 0 Å². The highest BCUT2D eigenvalue weighted by Crippen LogP contribution is 2.47. The monoisotopic (exact) mass is 583 g/mol. The fraction of sp³-hybridized carbons (Fsp3) is 0.324. The van der Waals surface area contributed by atoms with E-state index in [1.165, 1.54) is 0 Å². The molecule has 0 unspecified atom stereocenters. The number of aromatic amines is 1. The molecule has 9 nitrogen and oxygen atoms in total. The molecule has 222 valence electrons. The van der Waals surface area contributed by atoms with Gasteiger partial charge in [-0.3, -0.25) is 0 Å². The lowest BCUT2D eigenvalue weighted by atomic mass is 9.86. The zero-order valence-corrected chi connectivity index (χ0v) is 23.4. The van der Waals surface area contributed by atoms with Crippen LogP contribution in [0.2, 0.25) is 0 Å². The normalized spacial score (nSPS) is 25.2. The first-order valence-electron chi connectivity index (χ1n) is 14.6. The van der Waals surface area contributed by atoms with Crippen LogP contribution in [0.3, 0.4) is 0 Å². The molecule has 1 aliphatic heterocycles. The third-order valence-electron chi connectivity index (χ3n) is 8.97. The van der Waals surface area contributed by atoms with Gasteiger partial charge in [0.2, 0.25) is 5.79 Å². The van der Waals surface area contributed by atoms with Gasteiger partial charge in [0.15, 0.2) is 11.9 Å². The minimum Gasteiger partial charge on any atom is -0.422 e. The summed E-state index contributed by atoms with van der Waals surface area (Å²) in [4.78, 5) is 17.1. The van der Waals surface area contributed by atoms with Crippen molar-refractivity contribution in [1.29, 1.82) is 0 Å². The second-order valence-corrected chi connectivity index (χ2v) is 11.6. The van der Waals surface area contributed by atoms with Gasteiger partial charge in [-0.05, 0) is 58.1 Å². The van der Waals surface area contributed by atoms with Crippen LogP contribution in [-0.4, -0.2) is 61.1 Å². The molecule has 4 atom stereocenters. The van der Waals surface area contributed by atoms with E-state index in [1.807, 2.05) is 78.9 Å². The maximum atomic E-state index is 13.9. The summed E-state index contributed by atoms with van der Waals surface area (Å²) in [7, 11) is 0. The quantitative estimate of drug-likeness (QED) is 0.142. The number of ether oxygens (including phenoxy) is 3. The van der Waals surface area contributed by atoms with E-state index >= 15 is 0 Å². The minimum absolute atomic E-state index is 0.0247. The van der Waals surface area contributed by atoms with Crippen molar-refractivity contribution in [2.45, 2.75) is 68.6 Å². The number of aromatic nitrogens is 1. The van der Waals surface area contributed by atoms with Crippen LogP contribution >= 0.6 is 0 Å². The smallest absolute Gasteiger partial charge is 0.343 e. The second kappa shape index (κ2) is 10.7. The molecule has 0 bridgehead atoms. The number of aliphatic hydroxyl groups excluding tert-OH is 2. The standard InChI is InChI=1S/C34H33NO8/c36-18-26-28(27-24-17-22-11-5-4-10-21(22)16-23(24)12-13-25(27)35-26)42-32(38)30-29(41-19-20-8-2-1-3-9-20)31(37)34(40,43-30)33(39)14-6-7-15-33/h1-5,8-13,16-17,29-31,35-37,39-40H,6-7,14-15,18-19H2/t29-,30+,31+,34+/m0/s1. The third kappa shape index (κ3) is 4.60. The van der Waals surface area contributed by atoms with Crippen LogP contribution in [-0.2, 0) is 27.5 Å². The number of fused-ring (bicyclic) bond motifs is 4. The first-order valence-corrected chi connectivity index (χ1v) is 14.6. The number of carbonyl (C=O) groups excluding carboxylic acids is 1. The maximum Gasteiger partial charge on any atom is 0.343 e. The van der Waals surface area contributed by atoms with E-state index in [9.17, 15) is 25.2 Å². The summed E-state index contributed by atoms with van der Waals surface area (Å²) < 4.78 is 17.9. The number of esters is 1. The summed E-state index contributed by atoms with van der Waals surface area (Å²) in [6, 6.07) is 25.0. The number of carbonyl (C=O) groups is 1. The summed E-state index contributed by atoms with van der Waals surface area (Å²) in [5, 5.41) is 48.9. The highest BCUT2D eigenvalue weighted by Gasteiger charge is 2.67. The molecule has 0 radical (unpaired) electrons. The molecular weight excluding hydrogens is 550 g/mol. The molecule has 1 saturated heterocycles. The second-order valence-electron chi connectivity index (χ2n) is 11.6. The van der Waals surface area contributed by atoms with Crippen molar-refractivity contribution in [3.8, 4) is 5.75 Å².